The number of quaternary nitrogens is 1. The number of nitrogens with zero attached hydrogens (tertiary/aromatic N) is 2. The van der Waals surface area contributed by atoms with Crippen LogP contribution in [0.25, 0.3) is 16.6 Å². The zero-order valence-corrected chi connectivity index (χ0v) is 14.5. The summed E-state index contributed by atoms with van der Waals surface area (Å²) < 4.78 is 1.77. The SMILES string of the molecule is CCc1ccc(-n2c([C@H](CC)[NH2+]C)nc3ccccc3c2=O)cc1. The quantitative estimate of drug-likeness (QED) is 0.785. The molecule has 0 saturated heterocycles. The molecule has 2 aromatic carbocycles. The van der Waals surface area contributed by atoms with E-state index in [2.05, 4.69) is 31.3 Å². The lowest BCUT2D eigenvalue weighted by molar-refractivity contribution is -0.672. The normalized spacial score (nSPS) is 12.5. The zero-order valence-electron chi connectivity index (χ0n) is 14.5. The zero-order chi connectivity index (χ0) is 17.1. The molecular weight excluding hydrogens is 298 g/mol. The monoisotopic (exact) mass is 322 g/mol. The van der Waals surface area contributed by atoms with Gasteiger partial charge < -0.3 is 5.32 Å². The van der Waals surface area contributed by atoms with Gasteiger partial charge in [-0.25, -0.2) is 4.98 Å². The van der Waals surface area contributed by atoms with Crippen molar-refractivity contribution in [3.05, 3.63) is 70.3 Å². The maximum absolute atomic E-state index is 13.1. The van der Waals surface area contributed by atoms with Gasteiger partial charge in [-0.2, -0.15) is 0 Å². The van der Waals surface area contributed by atoms with E-state index in [-0.39, 0.29) is 11.6 Å². The van der Waals surface area contributed by atoms with Gasteiger partial charge in [-0.15, -0.1) is 0 Å². The van der Waals surface area contributed by atoms with Crippen LogP contribution in [0.4, 0.5) is 0 Å². The number of hydrogen-bond donors (Lipinski definition) is 1. The Morgan fingerprint density at radius 2 is 1.79 bits per heavy atom. The maximum Gasteiger partial charge on any atom is 0.266 e. The summed E-state index contributed by atoms with van der Waals surface area (Å²) in [4.78, 5) is 18.0. The van der Waals surface area contributed by atoms with E-state index in [1.54, 1.807) is 4.57 Å². The van der Waals surface area contributed by atoms with Crippen LogP contribution < -0.4 is 10.9 Å². The minimum atomic E-state index is 0.000137. The summed E-state index contributed by atoms with van der Waals surface area (Å²) in [5, 5.41) is 2.78. The molecular formula is C20H24N3O+. The number of aromatic nitrogens is 2. The molecule has 0 bridgehead atoms. The van der Waals surface area contributed by atoms with Crippen molar-refractivity contribution in [2.45, 2.75) is 32.7 Å². The fraction of sp³-hybridized carbons (Fsp3) is 0.300. The van der Waals surface area contributed by atoms with Crippen molar-refractivity contribution in [2.24, 2.45) is 0 Å². The Morgan fingerprint density at radius 1 is 1.08 bits per heavy atom. The number of fused-ring (bicyclic) bond motifs is 1. The summed E-state index contributed by atoms with van der Waals surface area (Å²) in [5.41, 5.74) is 2.90. The average Bonchev–Trinajstić information content (AvgIpc) is 2.63. The molecule has 2 N–H and O–H groups in total. The molecule has 0 aliphatic carbocycles. The van der Waals surface area contributed by atoms with Crippen molar-refractivity contribution in [1.82, 2.24) is 9.55 Å². The van der Waals surface area contributed by atoms with Crippen molar-refractivity contribution >= 4 is 10.9 Å². The van der Waals surface area contributed by atoms with Crippen LogP contribution in [0.3, 0.4) is 0 Å². The van der Waals surface area contributed by atoms with E-state index in [1.165, 1.54) is 5.56 Å². The molecule has 0 radical (unpaired) electrons. The summed E-state index contributed by atoms with van der Waals surface area (Å²) in [5.74, 6) is 0.813. The number of aryl methyl sites for hydroxylation is 1. The minimum absolute atomic E-state index is 0.000137. The Kier molecular flexibility index (Phi) is 4.76. The van der Waals surface area contributed by atoms with Crippen molar-refractivity contribution in [1.29, 1.82) is 0 Å². The molecule has 0 aliphatic rings. The van der Waals surface area contributed by atoms with Crippen LogP contribution in [0.15, 0.2) is 53.3 Å². The van der Waals surface area contributed by atoms with Crippen molar-refractivity contribution in [3.8, 4) is 5.69 Å². The molecule has 4 nitrogen and oxygen atoms in total. The second-order valence-electron chi connectivity index (χ2n) is 6.00. The van der Waals surface area contributed by atoms with E-state index < -0.39 is 0 Å². The van der Waals surface area contributed by atoms with Gasteiger partial charge in [-0.05, 0) is 36.2 Å². The molecule has 124 valence electrons. The predicted molar refractivity (Wildman–Crippen MR) is 97.6 cm³/mol. The van der Waals surface area contributed by atoms with Crippen LogP contribution in [0.2, 0.25) is 0 Å². The molecule has 0 saturated carbocycles. The van der Waals surface area contributed by atoms with E-state index in [0.29, 0.717) is 5.39 Å². The topological polar surface area (TPSA) is 51.5 Å². The highest BCUT2D eigenvalue weighted by Gasteiger charge is 2.21. The molecule has 0 unspecified atom stereocenters. The van der Waals surface area contributed by atoms with Gasteiger partial charge in [0.15, 0.2) is 5.82 Å². The number of benzene rings is 2. The third-order valence-electron chi connectivity index (χ3n) is 4.58. The van der Waals surface area contributed by atoms with Gasteiger partial charge in [0.1, 0.15) is 6.04 Å². The summed E-state index contributed by atoms with van der Waals surface area (Å²) in [6.07, 6.45) is 1.90. The first-order valence-corrected chi connectivity index (χ1v) is 8.60. The van der Waals surface area contributed by atoms with Gasteiger partial charge in [0.2, 0.25) is 0 Å². The van der Waals surface area contributed by atoms with Crippen LogP contribution in [-0.4, -0.2) is 16.6 Å². The molecule has 3 aromatic rings. The second kappa shape index (κ2) is 6.97. The molecule has 24 heavy (non-hydrogen) atoms. The Balaban J connectivity index is 2.31. The fourth-order valence-corrected chi connectivity index (χ4v) is 3.10. The van der Waals surface area contributed by atoms with Gasteiger partial charge >= 0.3 is 0 Å². The first-order valence-electron chi connectivity index (χ1n) is 8.60. The Labute approximate surface area is 142 Å². The Bertz CT molecular complexity index is 893. The van der Waals surface area contributed by atoms with Crippen LogP contribution >= 0.6 is 0 Å². The van der Waals surface area contributed by atoms with Crippen LogP contribution in [0, 0.1) is 0 Å². The van der Waals surface area contributed by atoms with Crippen LogP contribution in [0.1, 0.15) is 37.7 Å². The number of nitrogens with two attached hydrogens (primary N) is 1. The van der Waals surface area contributed by atoms with E-state index in [0.717, 1.165) is 29.9 Å². The number of rotatable bonds is 5. The molecule has 3 rings (SSSR count). The van der Waals surface area contributed by atoms with Crippen LogP contribution in [-0.2, 0) is 6.42 Å². The first kappa shape index (κ1) is 16.4. The van der Waals surface area contributed by atoms with Crippen molar-refractivity contribution in [2.75, 3.05) is 7.05 Å². The lowest BCUT2D eigenvalue weighted by atomic mass is 10.1. The van der Waals surface area contributed by atoms with Crippen molar-refractivity contribution < 1.29 is 5.32 Å². The molecule has 0 spiro atoms. The molecule has 0 aliphatic heterocycles. The molecule has 0 amide bonds. The molecule has 4 heteroatoms. The summed E-state index contributed by atoms with van der Waals surface area (Å²) in [6.45, 7) is 4.25. The van der Waals surface area contributed by atoms with E-state index in [1.807, 2.05) is 43.4 Å². The largest absolute Gasteiger partial charge is 0.340 e. The maximum atomic E-state index is 13.1. The van der Waals surface area contributed by atoms with Gasteiger partial charge in [-0.3, -0.25) is 9.36 Å². The summed E-state index contributed by atoms with van der Waals surface area (Å²) >= 11 is 0. The highest BCUT2D eigenvalue weighted by Crippen LogP contribution is 2.18. The van der Waals surface area contributed by atoms with Crippen LogP contribution in [0.5, 0.6) is 0 Å². The third kappa shape index (κ3) is 2.85. The van der Waals surface area contributed by atoms with Crippen molar-refractivity contribution in [3.63, 3.8) is 0 Å². The highest BCUT2D eigenvalue weighted by molar-refractivity contribution is 5.77. The lowest BCUT2D eigenvalue weighted by Gasteiger charge is -2.18. The lowest BCUT2D eigenvalue weighted by Crippen LogP contribution is -2.81. The van der Waals surface area contributed by atoms with Gasteiger partial charge in [0.05, 0.1) is 23.6 Å². The minimum Gasteiger partial charge on any atom is -0.340 e. The highest BCUT2D eigenvalue weighted by atomic mass is 16.1. The third-order valence-corrected chi connectivity index (χ3v) is 4.58. The molecule has 1 heterocycles. The average molecular weight is 322 g/mol. The Hall–Kier alpha value is -2.46. The van der Waals surface area contributed by atoms with E-state index in [9.17, 15) is 4.79 Å². The molecule has 0 fully saturated rings. The Morgan fingerprint density at radius 3 is 2.42 bits per heavy atom. The number of para-hydroxylation sites is 1. The van der Waals surface area contributed by atoms with Gasteiger partial charge in [-0.1, -0.05) is 38.1 Å². The summed E-state index contributed by atoms with van der Waals surface area (Å²) in [6, 6.07) is 15.9. The standard InChI is InChI=1S/C20H23N3O/c1-4-14-10-12-15(13-11-14)23-19(17(5-2)21-3)22-18-9-7-6-8-16(18)20(23)24/h6-13,17,21H,4-5H2,1-3H3/p+1/t17-/m0/s1. The summed E-state index contributed by atoms with van der Waals surface area (Å²) in [7, 11) is 2.03. The number of hydrogen-bond acceptors (Lipinski definition) is 2. The van der Waals surface area contributed by atoms with E-state index >= 15 is 0 Å². The van der Waals surface area contributed by atoms with E-state index in [4.69, 9.17) is 4.98 Å². The first-order chi connectivity index (χ1) is 11.7. The van der Waals surface area contributed by atoms with Gasteiger partial charge in [0, 0.05) is 6.42 Å². The molecule has 1 aromatic heterocycles. The van der Waals surface area contributed by atoms with Gasteiger partial charge in [0.25, 0.3) is 5.56 Å². The predicted octanol–water partition coefficient (Wildman–Crippen LogP) is 2.59. The second-order valence-corrected chi connectivity index (χ2v) is 6.00. The smallest absolute Gasteiger partial charge is 0.266 e. The fourth-order valence-electron chi connectivity index (χ4n) is 3.10. The molecule has 1 atom stereocenters.